The Balaban J connectivity index is 5.19. The molecule has 0 heterocycles. The van der Waals surface area contributed by atoms with Crippen molar-refractivity contribution in [2.75, 3.05) is 39.6 Å². The van der Waals surface area contributed by atoms with Gasteiger partial charge in [0.1, 0.15) is 19.3 Å². The molecule has 0 aromatic rings. The second-order valence-electron chi connectivity index (χ2n) is 28.6. The topological polar surface area (TPSA) is 237 Å². The molecule has 0 saturated carbocycles. The molecule has 0 aliphatic carbocycles. The average Bonchev–Trinajstić information content (AvgIpc) is 1.96. The monoisotopic (exact) mass is 1400 g/mol. The first-order chi connectivity index (χ1) is 45.8. The molecule has 0 saturated heterocycles. The number of phosphoric acid groups is 2. The van der Waals surface area contributed by atoms with Gasteiger partial charge in [-0.3, -0.25) is 37.3 Å². The molecule has 0 radical (unpaired) electrons. The number of ether oxygens (including phenoxy) is 4. The smallest absolute Gasteiger partial charge is 0.462 e. The Kier molecular flexibility index (Phi) is 65.2. The Morgan fingerprint density at radius 3 is 0.800 bits per heavy atom. The first-order valence-corrected chi connectivity index (χ1v) is 42.4. The molecule has 564 valence electrons. The number of aliphatic hydroxyl groups is 1. The van der Waals surface area contributed by atoms with Crippen LogP contribution in [0.1, 0.15) is 389 Å². The second-order valence-corrected chi connectivity index (χ2v) is 31.5. The van der Waals surface area contributed by atoms with Crippen molar-refractivity contribution >= 4 is 39.5 Å². The Hall–Kier alpha value is -1.94. The van der Waals surface area contributed by atoms with Gasteiger partial charge in [0.25, 0.3) is 0 Å². The molecular weight excluding hydrogens is 1250 g/mol. The van der Waals surface area contributed by atoms with Crippen molar-refractivity contribution in [1.82, 2.24) is 0 Å². The molecule has 0 aromatic carbocycles. The number of phosphoric ester groups is 2. The first kappa shape index (κ1) is 93.1. The van der Waals surface area contributed by atoms with Gasteiger partial charge in [0.15, 0.2) is 12.2 Å². The summed E-state index contributed by atoms with van der Waals surface area (Å²) >= 11 is 0. The molecule has 95 heavy (non-hydrogen) atoms. The predicted molar refractivity (Wildman–Crippen MR) is 386 cm³/mol. The molecule has 3 unspecified atom stereocenters. The van der Waals surface area contributed by atoms with Gasteiger partial charge in [-0.25, -0.2) is 9.13 Å². The molecule has 17 nitrogen and oxygen atoms in total. The fourth-order valence-corrected chi connectivity index (χ4v) is 13.1. The SMILES string of the molecule is CCCCCCCCCCC(=O)OC[C@H](COP(=O)(O)OC[C@H](O)COP(=O)(O)OC[C@@H](COC(=O)CCCCCCCCCCCCCCCCCC(C)C)OC(=O)CCCCCCCCCCCCCCCCCCC(C)C)OC(=O)CCCCCCCCC(C)CC. The Morgan fingerprint density at radius 2 is 0.537 bits per heavy atom. The van der Waals surface area contributed by atoms with Crippen LogP contribution in [-0.4, -0.2) is 96.7 Å². The number of esters is 4. The number of hydrogen-bond donors (Lipinski definition) is 3. The van der Waals surface area contributed by atoms with Crippen LogP contribution in [0.4, 0.5) is 0 Å². The van der Waals surface area contributed by atoms with Crippen molar-refractivity contribution in [2.24, 2.45) is 17.8 Å². The molecule has 0 bridgehead atoms. The van der Waals surface area contributed by atoms with Crippen LogP contribution >= 0.6 is 15.6 Å². The van der Waals surface area contributed by atoms with Crippen molar-refractivity contribution < 1.29 is 80.2 Å². The third-order valence-electron chi connectivity index (χ3n) is 18.0. The molecule has 0 fully saturated rings. The van der Waals surface area contributed by atoms with Crippen LogP contribution < -0.4 is 0 Å². The molecule has 0 aliphatic heterocycles. The van der Waals surface area contributed by atoms with E-state index < -0.39 is 97.5 Å². The van der Waals surface area contributed by atoms with Gasteiger partial charge in [0, 0.05) is 25.7 Å². The lowest BCUT2D eigenvalue weighted by atomic mass is 10.00. The summed E-state index contributed by atoms with van der Waals surface area (Å²) < 4.78 is 68.4. The fraction of sp³-hybridized carbons (Fsp3) is 0.947. The summed E-state index contributed by atoms with van der Waals surface area (Å²) in [4.78, 5) is 72.7. The van der Waals surface area contributed by atoms with E-state index in [0.717, 1.165) is 114 Å². The molecule has 3 N–H and O–H groups in total. The largest absolute Gasteiger partial charge is 0.472 e. The maximum absolute atomic E-state index is 13.1. The minimum Gasteiger partial charge on any atom is -0.462 e. The van der Waals surface area contributed by atoms with E-state index in [1.807, 2.05) is 0 Å². The van der Waals surface area contributed by atoms with Gasteiger partial charge in [-0.2, -0.15) is 0 Å². The average molecular weight is 1400 g/mol. The van der Waals surface area contributed by atoms with E-state index >= 15 is 0 Å². The van der Waals surface area contributed by atoms with Gasteiger partial charge in [-0.15, -0.1) is 0 Å². The van der Waals surface area contributed by atoms with E-state index in [1.165, 1.54) is 193 Å². The van der Waals surface area contributed by atoms with E-state index in [-0.39, 0.29) is 25.7 Å². The highest BCUT2D eigenvalue weighted by molar-refractivity contribution is 7.47. The zero-order valence-electron chi connectivity index (χ0n) is 62.1. The maximum atomic E-state index is 13.1. The lowest BCUT2D eigenvalue weighted by Crippen LogP contribution is -2.30. The number of hydrogen-bond acceptors (Lipinski definition) is 15. The molecule has 0 spiro atoms. The van der Waals surface area contributed by atoms with E-state index in [9.17, 15) is 43.2 Å². The van der Waals surface area contributed by atoms with Crippen molar-refractivity contribution in [3.63, 3.8) is 0 Å². The second kappa shape index (κ2) is 66.6. The van der Waals surface area contributed by atoms with Crippen LogP contribution in [0, 0.1) is 17.8 Å². The van der Waals surface area contributed by atoms with Crippen LogP contribution in [0.25, 0.3) is 0 Å². The molecule has 0 aliphatic rings. The summed E-state index contributed by atoms with van der Waals surface area (Å²) in [5.41, 5.74) is 0. The predicted octanol–water partition coefficient (Wildman–Crippen LogP) is 22.2. The highest BCUT2D eigenvalue weighted by Gasteiger charge is 2.30. The van der Waals surface area contributed by atoms with Crippen molar-refractivity contribution in [2.45, 2.75) is 407 Å². The molecule has 0 rings (SSSR count). The summed E-state index contributed by atoms with van der Waals surface area (Å²) in [6.45, 7) is 11.9. The molecule has 6 atom stereocenters. The Morgan fingerprint density at radius 1 is 0.305 bits per heavy atom. The zero-order valence-corrected chi connectivity index (χ0v) is 63.9. The van der Waals surface area contributed by atoms with Gasteiger partial charge in [0.2, 0.25) is 0 Å². The minimum absolute atomic E-state index is 0.103. The zero-order chi connectivity index (χ0) is 70.1. The van der Waals surface area contributed by atoms with Crippen LogP contribution in [0.3, 0.4) is 0 Å². The first-order valence-electron chi connectivity index (χ1n) is 39.4. The fourth-order valence-electron chi connectivity index (χ4n) is 11.6. The summed E-state index contributed by atoms with van der Waals surface area (Å²) in [5, 5.41) is 10.6. The lowest BCUT2D eigenvalue weighted by Gasteiger charge is -2.21. The highest BCUT2D eigenvalue weighted by Crippen LogP contribution is 2.45. The van der Waals surface area contributed by atoms with Gasteiger partial charge in [-0.1, -0.05) is 337 Å². The van der Waals surface area contributed by atoms with Gasteiger partial charge in [0.05, 0.1) is 26.4 Å². The lowest BCUT2D eigenvalue weighted by molar-refractivity contribution is -0.161. The standard InChI is InChI=1S/C76H148O17P2/c1-8-10-11-12-13-35-43-50-57-73(78)86-64-72(93-76(81)60-53-46-39-38-42-49-56-69(7)9-2)66-91-95(84,85)89-62-70(77)61-88-94(82,83)90-65-71(63-87-74(79)58-51-44-36-31-27-23-20-16-18-22-26-30-34-41-48-55-68(5)6)92-75(80)59-52-45-37-32-28-24-19-15-14-17-21-25-29-33-40-47-54-67(3)4/h67-72,77H,8-66H2,1-7H3,(H,82,83)(H,84,85)/t69?,70-,71-,72-/m1/s1. The van der Waals surface area contributed by atoms with Gasteiger partial charge >= 0.3 is 39.5 Å². The van der Waals surface area contributed by atoms with Crippen molar-refractivity contribution in [1.29, 1.82) is 0 Å². The molecule has 19 heteroatoms. The van der Waals surface area contributed by atoms with E-state index in [0.29, 0.717) is 25.7 Å². The quantitative estimate of drug-likeness (QED) is 0.0222. The molecular formula is C76H148O17P2. The maximum Gasteiger partial charge on any atom is 0.472 e. The Bertz CT molecular complexity index is 1850. The van der Waals surface area contributed by atoms with Crippen LogP contribution in [0.2, 0.25) is 0 Å². The third-order valence-corrected chi connectivity index (χ3v) is 19.9. The van der Waals surface area contributed by atoms with Crippen LogP contribution in [0.15, 0.2) is 0 Å². The number of aliphatic hydroxyl groups excluding tert-OH is 1. The summed E-state index contributed by atoms with van der Waals surface area (Å²) in [6.07, 6.45) is 52.9. The molecule has 0 amide bonds. The van der Waals surface area contributed by atoms with Gasteiger partial charge < -0.3 is 33.8 Å². The summed E-state index contributed by atoms with van der Waals surface area (Å²) in [7, 11) is -9.91. The van der Waals surface area contributed by atoms with E-state index in [4.69, 9.17) is 37.0 Å². The number of unbranched alkanes of at least 4 members (excludes halogenated alkanes) is 41. The third kappa shape index (κ3) is 69.0. The molecule has 0 aromatic heterocycles. The highest BCUT2D eigenvalue weighted by atomic mass is 31.2. The number of carbonyl (C=O) groups excluding carboxylic acids is 4. The van der Waals surface area contributed by atoms with E-state index in [1.54, 1.807) is 0 Å². The number of carbonyl (C=O) groups is 4. The summed E-state index contributed by atoms with van der Waals surface area (Å²) in [5.74, 6) is 0.213. The van der Waals surface area contributed by atoms with Gasteiger partial charge in [-0.05, 0) is 43.4 Å². The number of rotatable bonds is 74. The van der Waals surface area contributed by atoms with Crippen LogP contribution in [0.5, 0.6) is 0 Å². The van der Waals surface area contributed by atoms with Crippen molar-refractivity contribution in [3.8, 4) is 0 Å². The van der Waals surface area contributed by atoms with Crippen LogP contribution in [-0.2, 0) is 65.4 Å². The van der Waals surface area contributed by atoms with Crippen molar-refractivity contribution in [3.05, 3.63) is 0 Å². The Labute approximate surface area is 581 Å². The normalized spacial score (nSPS) is 14.4. The minimum atomic E-state index is -4.96. The van der Waals surface area contributed by atoms with E-state index in [2.05, 4.69) is 48.5 Å². The summed E-state index contributed by atoms with van der Waals surface area (Å²) in [6, 6.07) is 0.